The van der Waals surface area contributed by atoms with Gasteiger partial charge in [-0.1, -0.05) is 24.3 Å². The number of rotatable bonds is 11. The second-order valence-corrected chi connectivity index (χ2v) is 8.88. The van der Waals surface area contributed by atoms with Crippen molar-refractivity contribution >= 4 is 11.7 Å². The summed E-state index contributed by atoms with van der Waals surface area (Å²) < 4.78 is 50.6. The summed E-state index contributed by atoms with van der Waals surface area (Å²) in [6.45, 7) is 6.49. The van der Waals surface area contributed by atoms with Crippen molar-refractivity contribution in [3.05, 3.63) is 65.8 Å². The van der Waals surface area contributed by atoms with Crippen molar-refractivity contribution in [2.45, 2.75) is 13.0 Å². The number of hydrogen-bond acceptors (Lipinski definition) is 7. The summed E-state index contributed by atoms with van der Waals surface area (Å²) in [5.41, 5.74) is 1.02. The molecule has 1 aliphatic rings. The average molecular weight is 533 g/mol. The van der Waals surface area contributed by atoms with E-state index in [1.165, 1.54) is 17.0 Å². The molecule has 2 amide bonds. The van der Waals surface area contributed by atoms with Gasteiger partial charge in [0.2, 0.25) is 5.89 Å². The first kappa shape index (κ1) is 27.6. The number of para-hydroxylation sites is 1. The number of hydrogen-bond donors (Lipinski definition) is 1. The maximum atomic E-state index is 15.0. The molecule has 9 nitrogen and oxygen atoms in total. The van der Waals surface area contributed by atoms with E-state index in [9.17, 15) is 13.6 Å². The molecule has 1 saturated heterocycles. The summed E-state index contributed by atoms with van der Waals surface area (Å²) in [5, 5.41) is 9.78. The molecule has 0 unspecified atom stereocenters. The molecule has 0 saturated carbocycles. The molecule has 204 valence electrons. The fraction of sp³-hybridized carbons (Fsp3) is 0.423. The third-order valence-electron chi connectivity index (χ3n) is 6.35. The van der Waals surface area contributed by atoms with Crippen LogP contribution in [0.25, 0.3) is 11.5 Å². The van der Waals surface area contributed by atoms with Crippen LogP contribution in [0.5, 0.6) is 0 Å². The number of carbonyl (C=O) groups is 1. The van der Waals surface area contributed by atoms with Crippen LogP contribution in [0.1, 0.15) is 17.9 Å². The number of ether oxygens (including phenoxy) is 1. The van der Waals surface area contributed by atoms with Crippen LogP contribution in [0, 0.1) is 5.82 Å². The Bertz CT molecular complexity index is 1170. The van der Waals surface area contributed by atoms with E-state index in [0.29, 0.717) is 25.4 Å². The number of piperazine rings is 1. The van der Waals surface area contributed by atoms with Gasteiger partial charge in [0.05, 0.1) is 13.2 Å². The SMILES string of the molecule is COCCN1CCN(CCNC(=O)N(Cc2ccc(-c3nnc(C(F)F)o3)cc2F)c2ccccc2)CC1. The van der Waals surface area contributed by atoms with Crippen molar-refractivity contribution in [1.29, 1.82) is 0 Å². The zero-order chi connectivity index (χ0) is 26.9. The smallest absolute Gasteiger partial charge is 0.322 e. The zero-order valence-corrected chi connectivity index (χ0v) is 21.2. The fourth-order valence-corrected chi connectivity index (χ4v) is 4.18. The molecule has 0 radical (unpaired) electrons. The molecular weight excluding hydrogens is 501 g/mol. The Hall–Kier alpha value is -3.48. The number of aromatic nitrogens is 2. The number of anilines is 1. The zero-order valence-electron chi connectivity index (χ0n) is 21.2. The minimum atomic E-state index is -2.91. The van der Waals surface area contributed by atoms with Gasteiger partial charge < -0.3 is 14.5 Å². The molecule has 1 N–H and O–H groups in total. The molecule has 3 aromatic rings. The Morgan fingerprint density at radius 1 is 1.08 bits per heavy atom. The van der Waals surface area contributed by atoms with E-state index in [-0.39, 0.29) is 29.6 Å². The van der Waals surface area contributed by atoms with E-state index in [0.717, 1.165) is 38.8 Å². The van der Waals surface area contributed by atoms with Gasteiger partial charge >= 0.3 is 12.5 Å². The summed E-state index contributed by atoms with van der Waals surface area (Å²) in [6.07, 6.45) is -2.91. The minimum Gasteiger partial charge on any atom is -0.415 e. The summed E-state index contributed by atoms with van der Waals surface area (Å²) >= 11 is 0. The van der Waals surface area contributed by atoms with E-state index < -0.39 is 18.1 Å². The lowest BCUT2D eigenvalue weighted by Gasteiger charge is -2.34. The molecule has 12 heteroatoms. The number of urea groups is 1. The number of benzene rings is 2. The normalized spacial score (nSPS) is 14.7. The van der Waals surface area contributed by atoms with E-state index in [4.69, 9.17) is 9.15 Å². The number of carbonyl (C=O) groups excluding carboxylic acids is 1. The Morgan fingerprint density at radius 2 is 1.79 bits per heavy atom. The highest BCUT2D eigenvalue weighted by Crippen LogP contribution is 2.26. The molecule has 4 rings (SSSR count). The van der Waals surface area contributed by atoms with Crippen molar-refractivity contribution in [3.63, 3.8) is 0 Å². The molecule has 2 heterocycles. The largest absolute Gasteiger partial charge is 0.415 e. The van der Waals surface area contributed by atoms with E-state index >= 15 is 4.39 Å². The van der Waals surface area contributed by atoms with Gasteiger partial charge in [0.1, 0.15) is 5.82 Å². The molecule has 1 aromatic heterocycles. The van der Waals surface area contributed by atoms with Gasteiger partial charge in [-0.15, -0.1) is 10.2 Å². The monoisotopic (exact) mass is 532 g/mol. The average Bonchev–Trinajstić information content (AvgIpc) is 3.43. The number of nitrogens with one attached hydrogen (secondary N) is 1. The summed E-state index contributed by atoms with van der Waals surface area (Å²) in [6, 6.07) is 12.7. The first-order chi connectivity index (χ1) is 18.4. The molecule has 0 spiro atoms. The molecule has 38 heavy (non-hydrogen) atoms. The number of alkyl halides is 2. The van der Waals surface area contributed by atoms with Crippen LogP contribution in [-0.4, -0.2) is 85.6 Å². The number of halogens is 3. The van der Waals surface area contributed by atoms with Gasteiger partial charge in [0.25, 0.3) is 5.89 Å². The maximum Gasteiger partial charge on any atom is 0.322 e. The summed E-state index contributed by atoms with van der Waals surface area (Å²) in [7, 11) is 1.70. The quantitative estimate of drug-likeness (QED) is 0.402. The lowest BCUT2D eigenvalue weighted by molar-refractivity contribution is 0.0976. The second kappa shape index (κ2) is 13.4. The molecule has 1 aliphatic heterocycles. The Morgan fingerprint density at radius 3 is 2.42 bits per heavy atom. The fourth-order valence-electron chi connectivity index (χ4n) is 4.18. The van der Waals surface area contributed by atoms with Crippen LogP contribution < -0.4 is 10.2 Å². The van der Waals surface area contributed by atoms with Crippen LogP contribution in [-0.2, 0) is 11.3 Å². The van der Waals surface area contributed by atoms with Gasteiger partial charge in [0, 0.05) is 69.7 Å². The maximum absolute atomic E-state index is 15.0. The highest BCUT2D eigenvalue weighted by molar-refractivity contribution is 5.91. The predicted molar refractivity (Wildman–Crippen MR) is 135 cm³/mol. The van der Waals surface area contributed by atoms with Gasteiger partial charge in [-0.2, -0.15) is 8.78 Å². The Labute approximate surface area is 219 Å². The van der Waals surface area contributed by atoms with Crippen LogP contribution in [0.3, 0.4) is 0 Å². The molecule has 0 aliphatic carbocycles. The predicted octanol–water partition coefficient (Wildman–Crippen LogP) is 3.79. The molecule has 2 aromatic carbocycles. The third-order valence-corrected chi connectivity index (χ3v) is 6.35. The van der Waals surface area contributed by atoms with E-state index in [1.54, 1.807) is 31.4 Å². The van der Waals surface area contributed by atoms with Crippen LogP contribution in [0.2, 0.25) is 0 Å². The van der Waals surface area contributed by atoms with Crippen molar-refractivity contribution < 1.29 is 27.1 Å². The topological polar surface area (TPSA) is 87.0 Å². The summed E-state index contributed by atoms with van der Waals surface area (Å²) in [5.74, 6) is -1.66. The van der Waals surface area contributed by atoms with Crippen LogP contribution in [0.15, 0.2) is 52.9 Å². The second-order valence-electron chi connectivity index (χ2n) is 8.88. The first-order valence-electron chi connectivity index (χ1n) is 12.4. The van der Waals surface area contributed by atoms with Gasteiger partial charge in [-0.05, 0) is 24.3 Å². The van der Waals surface area contributed by atoms with Crippen molar-refractivity contribution in [2.75, 3.05) is 64.4 Å². The molecular formula is C26H31F3N6O3. The standard InChI is InChI=1S/C26H31F3N6O3/c1-37-16-15-34-13-11-33(12-14-34)10-9-30-26(36)35(21-5-3-2-4-6-21)18-20-8-7-19(17-22(20)27)24-31-32-25(38-24)23(28)29/h2-8,17,23H,9-16,18H2,1H3,(H,30,36). The number of nitrogens with zero attached hydrogens (tertiary/aromatic N) is 5. The summed E-state index contributed by atoms with van der Waals surface area (Å²) in [4.78, 5) is 19.3. The molecule has 0 bridgehead atoms. The number of methoxy groups -OCH3 is 1. The molecule has 1 fully saturated rings. The highest BCUT2D eigenvalue weighted by Gasteiger charge is 2.21. The highest BCUT2D eigenvalue weighted by atomic mass is 19.3. The Kier molecular flexibility index (Phi) is 9.68. The lowest BCUT2D eigenvalue weighted by Crippen LogP contribution is -2.50. The van der Waals surface area contributed by atoms with Crippen molar-refractivity contribution in [2.24, 2.45) is 0 Å². The van der Waals surface area contributed by atoms with Crippen molar-refractivity contribution in [3.8, 4) is 11.5 Å². The van der Waals surface area contributed by atoms with Gasteiger partial charge in [0.15, 0.2) is 0 Å². The number of amides is 2. The minimum absolute atomic E-state index is 0.0355. The Balaban J connectivity index is 1.37. The van der Waals surface area contributed by atoms with Gasteiger partial charge in [-0.3, -0.25) is 14.7 Å². The van der Waals surface area contributed by atoms with Crippen LogP contribution in [0.4, 0.5) is 23.7 Å². The molecule has 0 atom stereocenters. The van der Waals surface area contributed by atoms with Crippen LogP contribution >= 0.6 is 0 Å². The third kappa shape index (κ3) is 7.30. The van der Waals surface area contributed by atoms with Crippen molar-refractivity contribution in [1.82, 2.24) is 25.3 Å². The van der Waals surface area contributed by atoms with E-state index in [1.807, 2.05) is 6.07 Å². The lowest BCUT2D eigenvalue weighted by atomic mass is 10.1. The van der Waals surface area contributed by atoms with Gasteiger partial charge in [-0.25, -0.2) is 9.18 Å². The first-order valence-corrected chi connectivity index (χ1v) is 12.4. The van der Waals surface area contributed by atoms with E-state index in [2.05, 4.69) is 25.3 Å².